The molecule has 0 amide bonds. The molecule has 152 valence electrons. The molecular weight excluding hydrogens is 438 g/mol. The Balaban J connectivity index is 1.57. The first-order valence-electron chi connectivity index (χ1n) is 9.11. The number of unbranched alkanes of at least 4 members (excludes halogenated alkanes) is 1. The number of nitrogens with zero attached hydrogens (tertiary/aromatic N) is 4. The standard InChI is InChI=1S/C20H22BrN5O3/c1-13-10-17(14(11-15(13)21)20(27)28-2)29-9-4-3-8-26-12-23-25-19(26)16-6-5-7-18(22)24-16/h5-7,10-12H,3-4,8-9H2,1-2H3,(H2,22,24). The van der Waals surface area contributed by atoms with Gasteiger partial charge in [-0.1, -0.05) is 22.0 Å². The molecule has 0 fully saturated rings. The molecule has 3 aromatic rings. The normalized spacial score (nSPS) is 10.7. The molecule has 9 heteroatoms. The summed E-state index contributed by atoms with van der Waals surface area (Å²) in [6.07, 6.45) is 3.31. The Morgan fingerprint density at radius 1 is 1.28 bits per heavy atom. The number of hydrogen-bond acceptors (Lipinski definition) is 7. The second-order valence-electron chi connectivity index (χ2n) is 6.44. The van der Waals surface area contributed by atoms with Crippen LogP contribution in [0.25, 0.3) is 11.5 Å². The van der Waals surface area contributed by atoms with E-state index in [4.69, 9.17) is 15.2 Å². The summed E-state index contributed by atoms with van der Waals surface area (Å²) in [5.74, 6) is 1.21. The fourth-order valence-electron chi connectivity index (χ4n) is 2.80. The van der Waals surface area contributed by atoms with Gasteiger partial charge in [0.15, 0.2) is 5.82 Å². The van der Waals surface area contributed by atoms with E-state index in [1.165, 1.54) is 7.11 Å². The summed E-state index contributed by atoms with van der Waals surface area (Å²) in [4.78, 5) is 16.3. The van der Waals surface area contributed by atoms with Crippen LogP contribution in [0.15, 0.2) is 41.1 Å². The first kappa shape index (κ1) is 20.8. The number of benzene rings is 1. The first-order valence-corrected chi connectivity index (χ1v) is 9.91. The average molecular weight is 460 g/mol. The number of aryl methyl sites for hydroxylation is 2. The number of carbonyl (C=O) groups excluding carboxylic acids is 1. The summed E-state index contributed by atoms with van der Waals surface area (Å²) in [6, 6.07) is 8.97. The Morgan fingerprint density at radius 2 is 2.10 bits per heavy atom. The van der Waals surface area contributed by atoms with Gasteiger partial charge < -0.3 is 19.8 Å². The molecule has 3 rings (SSSR count). The van der Waals surface area contributed by atoms with Crippen molar-refractivity contribution in [1.82, 2.24) is 19.7 Å². The molecule has 2 aromatic heterocycles. The Morgan fingerprint density at radius 3 is 2.86 bits per heavy atom. The van der Waals surface area contributed by atoms with Crippen LogP contribution in [0.5, 0.6) is 5.75 Å². The van der Waals surface area contributed by atoms with E-state index in [0.29, 0.717) is 41.8 Å². The van der Waals surface area contributed by atoms with E-state index in [1.54, 1.807) is 18.5 Å². The van der Waals surface area contributed by atoms with Crippen molar-refractivity contribution in [3.05, 3.63) is 52.3 Å². The van der Waals surface area contributed by atoms with Crippen molar-refractivity contribution in [2.45, 2.75) is 26.3 Å². The molecule has 0 aliphatic rings. The van der Waals surface area contributed by atoms with E-state index in [2.05, 4.69) is 31.1 Å². The summed E-state index contributed by atoms with van der Waals surface area (Å²) in [7, 11) is 1.35. The molecule has 0 aliphatic carbocycles. The van der Waals surface area contributed by atoms with Crippen molar-refractivity contribution in [1.29, 1.82) is 0 Å². The fourth-order valence-corrected chi connectivity index (χ4v) is 3.15. The lowest BCUT2D eigenvalue weighted by Crippen LogP contribution is -2.08. The van der Waals surface area contributed by atoms with E-state index < -0.39 is 5.97 Å². The first-order chi connectivity index (χ1) is 14.0. The molecule has 2 heterocycles. The summed E-state index contributed by atoms with van der Waals surface area (Å²) >= 11 is 3.43. The molecule has 0 radical (unpaired) electrons. The number of anilines is 1. The Bertz CT molecular complexity index is 1010. The second-order valence-corrected chi connectivity index (χ2v) is 7.29. The van der Waals surface area contributed by atoms with Gasteiger partial charge in [-0.05, 0) is 49.6 Å². The number of carbonyl (C=O) groups is 1. The van der Waals surface area contributed by atoms with Crippen LogP contribution in [-0.2, 0) is 11.3 Å². The van der Waals surface area contributed by atoms with Crippen LogP contribution in [0.3, 0.4) is 0 Å². The Kier molecular flexibility index (Phi) is 6.82. The third kappa shape index (κ3) is 5.11. The lowest BCUT2D eigenvalue weighted by atomic mass is 10.1. The lowest BCUT2D eigenvalue weighted by molar-refractivity contribution is 0.0596. The number of esters is 1. The number of nitrogens with two attached hydrogens (primary N) is 1. The predicted molar refractivity (Wildman–Crippen MR) is 113 cm³/mol. The van der Waals surface area contributed by atoms with E-state index in [1.807, 2.05) is 29.7 Å². The van der Waals surface area contributed by atoms with Crippen molar-refractivity contribution in [2.24, 2.45) is 0 Å². The largest absolute Gasteiger partial charge is 0.493 e. The molecule has 0 spiro atoms. The van der Waals surface area contributed by atoms with Crippen LogP contribution in [0.4, 0.5) is 5.82 Å². The van der Waals surface area contributed by atoms with Gasteiger partial charge in [0.2, 0.25) is 0 Å². The van der Waals surface area contributed by atoms with Gasteiger partial charge in [0.05, 0.1) is 13.7 Å². The number of methoxy groups -OCH3 is 1. The summed E-state index contributed by atoms with van der Waals surface area (Å²) in [6.45, 7) is 3.13. The van der Waals surface area contributed by atoms with Gasteiger partial charge in [-0.2, -0.15) is 0 Å². The molecule has 0 aliphatic heterocycles. The quantitative estimate of drug-likeness (QED) is 0.404. The molecule has 0 saturated heterocycles. The van der Waals surface area contributed by atoms with E-state index in [0.717, 1.165) is 22.9 Å². The predicted octanol–water partition coefficient (Wildman–Crippen LogP) is 3.64. The number of nitrogen functional groups attached to an aromatic ring is 1. The van der Waals surface area contributed by atoms with Gasteiger partial charge in [-0.15, -0.1) is 10.2 Å². The Hall–Kier alpha value is -2.94. The van der Waals surface area contributed by atoms with Crippen LogP contribution in [-0.4, -0.2) is 39.4 Å². The number of halogens is 1. The average Bonchev–Trinajstić information content (AvgIpc) is 3.18. The molecule has 2 N–H and O–H groups in total. The van der Waals surface area contributed by atoms with Crippen LogP contribution in [0.1, 0.15) is 28.8 Å². The van der Waals surface area contributed by atoms with Gasteiger partial charge in [0.1, 0.15) is 29.2 Å². The molecule has 1 aromatic carbocycles. The van der Waals surface area contributed by atoms with Gasteiger partial charge >= 0.3 is 5.97 Å². The van der Waals surface area contributed by atoms with E-state index in [9.17, 15) is 4.79 Å². The number of ether oxygens (including phenoxy) is 2. The van der Waals surface area contributed by atoms with Gasteiger partial charge in [0, 0.05) is 11.0 Å². The minimum atomic E-state index is -0.426. The monoisotopic (exact) mass is 459 g/mol. The molecule has 0 bridgehead atoms. The summed E-state index contributed by atoms with van der Waals surface area (Å²) in [5, 5.41) is 8.12. The van der Waals surface area contributed by atoms with Crippen molar-refractivity contribution in [3.8, 4) is 17.3 Å². The SMILES string of the molecule is COC(=O)c1cc(Br)c(C)cc1OCCCCn1cnnc1-c1cccc(N)n1. The lowest BCUT2D eigenvalue weighted by Gasteiger charge is -2.13. The van der Waals surface area contributed by atoms with Gasteiger partial charge in [0.25, 0.3) is 0 Å². The highest BCUT2D eigenvalue weighted by molar-refractivity contribution is 9.10. The second kappa shape index (κ2) is 9.51. The minimum Gasteiger partial charge on any atom is -0.493 e. The van der Waals surface area contributed by atoms with E-state index >= 15 is 0 Å². The third-order valence-electron chi connectivity index (χ3n) is 4.33. The molecule has 0 atom stereocenters. The van der Waals surface area contributed by atoms with Crippen molar-refractivity contribution < 1.29 is 14.3 Å². The maximum atomic E-state index is 12.0. The minimum absolute atomic E-state index is 0.402. The highest BCUT2D eigenvalue weighted by atomic mass is 79.9. The van der Waals surface area contributed by atoms with Crippen molar-refractivity contribution in [2.75, 3.05) is 19.5 Å². The molecular formula is C20H22BrN5O3. The molecule has 0 unspecified atom stereocenters. The van der Waals surface area contributed by atoms with Crippen LogP contribution in [0, 0.1) is 6.92 Å². The highest BCUT2D eigenvalue weighted by Gasteiger charge is 2.15. The molecule has 29 heavy (non-hydrogen) atoms. The zero-order valence-electron chi connectivity index (χ0n) is 16.3. The Labute approximate surface area is 177 Å². The number of aromatic nitrogens is 4. The maximum Gasteiger partial charge on any atom is 0.341 e. The summed E-state index contributed by atoms with van der Waals surface area (Å²) in [5.41, 5.74) is 7.82. The number of rotatable bonds is 8. The number of hydrogen-bond donors (Lipinski definition) is 1. The summed E-state index contributed by atoms with van der Waals surface area (Å²) < 4.78 is 13.5. The molecule has 8 nitrogen and oxygen atoms in total. The van der Waals surface area contributed by atoms with Gasteiger partial charge in [-0.3, -0.25) is 0 Å². The van der Waals surface area contributed by atoms with Crippen molar-refractivity contribution >= 4 is 27.7 Å². The topological polar surface area (TPSA) is 105 Å². The van der Waals surface area contributed by atoms with Crippen molar-refractivity contribution in [3.63, 3.8) is 0 Å². The van der Waals surface area contributed by atoms with Gasteiger partial charge in [-0.25, -0.2) is 9.78 Å². The molecule has 0 saturated carbocycles. The van der Waals surface area contributed by atoms with Crippen LogP contribution < -0.4 is 10.5 Å². The zero-order valence-corrected chi connectivity index (χ0v) is 17.8. The fraction of sp³-hybridized carbons (Fsp3) is 0.300. The number of pyridine rings is 1. The highest BCUT2D eigenvalue weighted by Crippen LogP contribution is 2.28. The zero-order chi connectivity index (χ0) is 20.8. The van der Waals surface area contributed by atoms with E-state index in [-0.39, 0.29) is 0 Å². The third-order valence-corrected chi connectivity index (χ3v) is 5.19. The smallest absolute Gasteiger partial charge is 0.341 e. The maximum absolute atomic E-state index is 12.0. The van der Waals surface area contributed by atoms with Crippen LogP contribution in [0.2, 0.25) is 0 Å². The van der Waals surface area contributed by atoms with Crippen LogP contribution >= 0.6 is 15.9 Å².